The summed E-state index contributed by atoms with van der Waals surface area (Å²) >= 11 is 0. The summed E-state index contributed by atoms with van der Waals surface area (Å²) in [6.07, 6.45) is 0. The lowest BCUT2D eigenvalue weighted by atomic mass is 10.1. The zero-order valence-electron chi connectivity index (χ0n) is 13.3. The number of likely N-dealkylation sites (N-methyl/N-ethyl adjacent to an activating group) is 1. The van der Waals surface area contributed by atoms with Crippen LogP contribution in [-0.4, -0.2) is 50.0 Å². The first-order valence-corrected chi connectivity index (χ1v) is 7.41. The zero-order chi connectivity index (χ0) is 16.4. The highest BCUT2D eigenvalue weighted by atomic mass is 16.2. The summed E-state index contributed by atoms with van der Waals surface area (Å²) < 4.78 is 0. The van der Waals surface area contributed by atoms with Gasteiger partial charge in [-0.3, -0.25) is 4.79 Å². The Balaban J connectivity index is 1.82. The van der Waals surface area contributed by atoms with E-state index in [0.717, 1.165) is 16.5 Å². The van der Waals surface area contributed by atoms with Crippen molar-refractivity contribution in [2.24, 2.45) is 0 Å². The van der Waals surface area contributed by atoms with E-state index in [1.54, 1.807) is 11.9 Å². The fourth-order valence-electron chi connectivity index (χ4n) is 2.61. The number of hydrogen-bond donors (Lipinski definition) is 1. The molecule has 1 N–H and O–H groups in total. The highest BCUT2D eigenvalue weighted by molar-refractivity contribution is 5.95. The topological polar surface area (TPSA) is 87.7 Å². The molecule has 0 saturated heterocycles. The lowest BCUT2D eigenvalue weighted by Crippen LogP contribution is -2.31. The van der Waals surface area contributed by atoms with Crippen molar-refractivity contribution in [1.29, 1.82) is 0 Å². The molecular weight excluding hydrogens is 292 g/mol. The van der Waals surface area contributed by atoms with Crippen molar-refractivity contribution in [3.05, 3.63) is 47.4 Å². The molecule has 7 heteroatoms. The fourth-order valence-corrected chi connectivity index (χ4v) is 2.61. The van der Waals surface area contributed by atoms with E-state index in [-0.39, 0.29) is 11.8 Å². The summed E-state index contributed by atoms with van der Waals surface area (Å²) in [6.45, 7) is 4.43. The number of pyridine rings is 1. The summed E-state index contributed by atoms with van der Waals surface area (Å²) in [4.78, 5) is 18.8. The minimum absolute atomic E-state index is 0.00995. The van der Waals surface area contributed by atoms with Crippen LogP contribution in [0.4, 0.5) is 0 Å². The number of nitrogens with zero attached hydrogens (tertiary/aromatic N) is 5. The van der Waals surface area contributed by atoms with Gasteiger partial charge in [-0.15, -0.1) is 10.2 Å². The van der Waals surface area contributed by atoms with Gasteiger partial charge in [-0.05, 0) is 24.6 Å². The molecule has 118 valence electrons. The summed E-state index contributed by atoms with van der Waals surface area (Å²) in [7, 11) is 1.76. The Morgan fingerprint density at radius 3 is 2.87 bits per heavy atom. The highest BCUT2D eigenvalue weighted by Gasteiger charge is 2.19. The van der Waals surface area contributed by atoms with E-state index in [0.29, 0.717) is 18.1 Å². The number of hydrogen-bond acceptors (Lipinski definition) is 5. The number of carbonyl (C=O) groups excluding carboxylic acids is 1. The predicted octanol–water partition coefficient (Wildman–Crippen LogP) is 1.93. The van der Waals surface area contributed by atoms with Crippen LogP contribution in [0.5, 0.6) is 0 Å². The number of H-pyrrole nitrogens is 1. The minimum Gasteiger partial charge on any atom is -0.340 e. The Morgan fingerprint density at radius 1 is 1.35 bits per heavy atom. The molecule has 1 aromatic carbocycles. The normalized spacial score (nSPS) is 12.3. The van der Waals surface area contributed by atoms with E-state index in [1.165, 1.54) is 0 Å². The smallest absolute Gasteiger partial charge is 0.272 e. The molecule has 23 heavy (non-hydrogen) atoms. The highest BCUT2D eigenvalue weighted by Crippen LogP contribution is 2.19. The van der Waals surface area contributed by atoms with E-state index < -0.39 is 0 Å². The number of aromatic amines is 1. The number of aromatic nitrogens is 5. The average molecular weight is 310 g/mol. The van der Waals surface area contributed by atoms with E-state index in [4.69, 9.17) is 0 Å². The van der Waals surface area contributed by atoms with Crippen molar-refractivity contribution >= 4 is 16.8 Å². The van der Waals surface area contributed by atoms with E-state index in [2.05, 4.69) is 25.6 Å². The molecule has 2 aromatic heterocycles. The Bertz CT molecular complexity index is 830. The SMILES string of the molecule is Cc1cc(C(=O)N(C)C[C@H](C)c2nn[nH]n2)nc2ccccc12. The second-order valence-corrected chi connectivity index (χ2v) is 5.70. The predicted molar refractivity (Wildman–Crippen MR) is 86.0 cm³/mol. The van der Waals surface area contributed by atoms with Crippen molar-refractivity contribution in [3.63, 3.8) is 0 Å². The number of benzene rings is 1. The van der Waals surface area contributed by atoms with Crippen LogP contribution in [0.15, 0.2) is 30.3 Å². The van der Waals surface area contributed by atoms with E-state index >= 15 is 0 Å². The molecule has 3 rings (SSSR count). The number of nitrogens with one attached hydrogen (secondary N) is 1. The van der Waals surface area contributed by atoms with Gasteiger partial charge in [0.05, 0.1) is 5.52 Å². The van der Waals surface area contributed by atoms with Gasteiger partial charge in [-0.25, -0.2) is 4.98 Å². The van der Waals surface area contributed by atoms with E-state index in [1.807, 2.05) is 44.2 Å². The largest absolute Gasteiger partial charge is 0.340 e. The van der Waals surface area contributed by atoms with Crippen LogP contribution in [0, 0.1) is 6.92 Å². The fraction of sp³-hybridized carbons (Fsp3) is 0.312. The van der Waals surface area contributed by atoms with Gasteiger partial charge in [0.1, 0.15) is 5.69 Å². The lowest BCUT2D eigenvalue weighted by Gasteiger charge is -2.20. The maximum absolute atomic E-state index is 12.6. The molecule has 0 spiro atoms. The van der Waals surface area contributed by atoms with E-state index in [9.17, 15) is 4.79 Å². The minimum atomic E-state index is -0.116. The van der Waals surface area contributed by atoms with Crippen molar-refractivity contribution in [1.82, 2.24) is 30.5 Å². The van der Waals surface area contributed by atoms with Crippen LogP contribution in [0.3, 0.4) is 0 Å². The molecular formula is C16H18N6O. The van der Waals surface area contributed by atoms with Crippen molar-refractivity contribution in [2.75, 3.05) is 13.6 Å². The molecule has 0 radical (unpaired) electrons. The molecule has 0 aliphatic heterocycles. The van der Waals surface area contributed by atoms with Crippen LogP contribution in [0.1, 0.15) is 34.7 Å². The van der Waals surface area contributed by atoms with Gasteiger partial charge in [0.25, 0.3) is 5.91 Å². The molecule has 1 amide bonds. The average Bonchev–Trinajstić information content (AvgIpc) is 3.08. The number of amides is 1. The van der Waals surface area contributed by atoms with Crippen LogP contribution in [0.2, 0.25) is 0 Å². The lowest BCUT2D eigenvalue weighted by molar-refractivity contribution is 0.0782. The molecule has 2 heterocycles. The van der Waals surface area contributed by atoms with Gasteiger partial charge in [0.2, 0.25) is 0 Å². The van der Waals surface area contributed by atoms with Gasteiger partial charge in [-0.2, -0.15) is 5.21 Å². The van der Waals surface area contributed by atoms with Crippen molar-refractivity contribution < 1.29 is 4.79 Å². The number of rotatable bonds is 4. The number of aryl methyl sites for hydroxylation is 1. The first-order chi connectivity index (χ1) is 11.1. The third-order valence-corrected chi connectivity index (χ3v) is 3.84. The Kier molecular flexibility index (Phi) is 4.01. The monoisotopic (exact) mass is 310 g/mol. The van der Waals surface area contributed by atoms with Crippen LogP contribution < -0.4 is 0 Å². The van der Waals surface area contributed by atoms with Gasteiger partial charge < -0.3 is 4.90 Å². The number of para-hydroxylation sites is 1. The van der Waals surface area contributed by atoms with Gasteiger partial charge >= 0.3 is 0 Å². The van der Waals surface area contributed by atoms with Crippen molar-refractivity contribution in [3.8, 4) is 0 Å². The second kappa shape index (κ2) is 6.12. The standard InChI is InChI=1S/C16H18N6O/c1-10-8-14(17-13-7-5-4-6-12(10)13)16(23)22(3)9-11(2)15-18-20-21-19-15/h4-8,11H,9H2,1-3H3,(H,18,19,20,21)/t11-/m0/s1. The molecule has 7 nitrogen and oxygen atoms in total. The maximum Gasteiger partial charge on any atom is 0.272 e. The van der Waals surface area contributed by atoms with Crippen LogP contribution in [-0.2, 0) is 0 Å². The van der Waals surface area contributed by atoms with Gasteiger partial charge in [-0.1, -0.05) is 30.3 Å². The van der Waals surface area contributed by atoms with Gasteiger partial charge in [0, 0.05) is 24.9 Å². The number of fused-ring (bicyclic) bond motifs is 1. The van der Waals surface area contributed by atoms with Crippen LogP contribution >= 0.6 is 0 Å². The molecule has 0 saturated carbocycles. The molecule has 1 atom stereocenters. The summed E-state index contributed by atoms with van der Waals surface area (Å²) in [6, 6.07) is 9.65. The number of tetrazole rings is 1. The summed E-state index contributed by atoms with van der Waals surface area (Å²) in [5, 5.41) is 14.9. The Labute approximate surface area is 133 Å². The Morgan fingerprint density at radius 2 is 2.13 bits per heavy atom. The van der Waals surface area contributed by atoms with Crippen LogP contribution in [0.25, 0.3) is 10.9 Å². The molecule has 3 aromatic rings. The third-order valence-electron chi connectivity index (χ3n) is 3.84. The molecule has 0 bridgehead atoms. The first-order valence-electron chi connectivity index (χ1n) is 7.41. The molecule has 0 aliphatic carbocycles. The second-order valence-electron chi connectivity index (χ2n) is 5.70. The van der Waals surface area contributed by atoms with Gasteiger partial charge in [0.15, 0.2) is 5.82 Å². The molecule has 0 unspecified atom stereocenters. The summed E-state index contributed by atoms with van der Waals surface area (Å²) in [5.74, 6) is 0.464. The zero-order valence-corrected chi connectivity index (χ0v) is 13.3. The summed E-state index contributed by atoms with van der Waals surface area (Å²) in [5.41, 5.74) is 2.32. The Hall–Kier alpha value is -2.83. The third kappa shape index (κ3) is 3.03. The maximum atomic E-state index is 12.6. The molecule has 0 fully saturated rings. The van der Waals surface area contributed by atoms with Crippen molar-refractivity contribution in [2.45, 2.75) is 19.8 Å². The first kappa shape index (κ1) is 15.1. The number of carbonyl (C=O) groups is 1. The quantitative estimate of drug-likeness (QED) is 0.795. The molecule has 0 aliphatic rings.